The van der Waals surface area contributed by atoms with Crippen molar-refractivity contribution in [2.75, 3.05) is 0 Å². The standard InChI is InChI=1S/C15H10N2O4/c1-10(18)14-8-13(5-6-15(14)17(19)20)21-12-4-2-3-11(7-12)9-16/h2-8H,1H3. The predicted octanol–water partition coefficient (Wildman–Crippen LogP) is 3.46. The lowest BCUT2D eigenvalue weighted by Gasteiger charge is -2.07. The first-order valence-corrected chi connectivity index (χ1v) is 5.98. The molecule has 0 atom stereocenters. The Bertz CT molecular complexity index is 763. The van der Waals surface area contributed by atoms with Gasteiger partial charge in [-0.05, 0) is 37.3 Å². The SMILES string of the molecule is CC(=O)c1cc(Oc2cccc(C#N)c2)ccc1[N+](=O)[O-]. The first-order valence-electron chi connectivity index (χ1n) is 5.98. The second-order valence-corrected chi connectivity index (χ2v) is 4.23. The average molecular weight is 282 g/mol. The maximum Gasteiger partial charge on any atom is 0.280 e. The Morgan fingerprint density at radius 3 is 2.57 bits per heavy atom. The summed E-state index contributed by atoms with van der Waals surface area (Å²) in [5, 5.41) is 19.7. The van der Waals surface area contributed by atoms with E-state index in [1.165, 1.54) is 31.2 Å². The smallest absolute Gasteiger partial charge is 0.280 e. The van der Waals surface area contributed by atoms with Crippen molar-refractivity contribution in [3.8, 4) is 17.6 Å². The van der Waals surface area contributed by atoms with Crippen molar-refractivity contribution in [3.05, 3.63) is 63.7 Å². The lowest BCUT2D eigenvalue weighted by Crippen LogP contribution is -2.00. The van der Waals surface area contributed by atoms with Gasteiger partial charge in [0.1, 0.15) is 11.5 Å². The number of nitro benzene ring substituents is 1. The fourth-order valence-corrected chi connectivity index (χ4v) is 1.79. The number of carbonyl (C=O) groups excluding carboxylic acids is 1. The van der Waals surface area contributed by atoms with Crippen LogP contribution in [0.3, 0.4) is 0 Å². The van der Waals surface area contributed by atoms with E-state index in [0.717, 1.165) is 0 Å². The van der Waals surface area contributed by atoms with Crippen molar-refractivity contribution < 1.29 is 14.5 Å². The molecule has 2 aromatic carbocycles. The molecule has 21 heavy (non-hydrogen) atoms. The van der Waals surface area contributed by atoms with Crippen molar-refractivity contribution in [1.29, 1.82) is 5.26 Å². The van der Waals surface area contributed by atoms with Gasteiger partial charge in [-0.3, -0.25) is 14.9 Å². The van der Waals surface area contributed by atoms with Crippen molar-refractivity contribution in [3.63, 3.8) is 0 Å². The number of rotatable bonds is 4. The van der Waals surface area contributed by atoms with Gasteiger partial charge in [-0.2, -0.15) is 5.26 Å². The molecule has 2 rings (SSSR count). The van der Waals surface area contributed by atoms with Crippen LogP contribution in [-0.2, 0) is 0 Å². The van der Waals surface area contributed by atoms with Crippen LogP contribution in [0.2, 0.25) is 0 Å². The molecule has 0 spiro atoms. The molecule has 0 radical (unpaired) electrons. The summed E-state index contributed by atoms with van der Waals surface area (Å²) in [6.07, 6.45) is 0. The van der Waals surface area contributed by atoms with E-state index in [1.807, 2.05) is 6.07 Å². The van der Waals surface area contributed by atoms with Crippen LogP contribution in [0.5, 0.6) is 11.5 Å². The zero-order valence-electron chi connectivity index (χ0n) is 11.1. The molecule has 0 saturated carbocycles. The summed E-state index contributed by atoms with van der Waals surface area (Å²) in [5.74, 6) is 0.288. The number of nitro groups is 1. The van der Waals surface area contributed by atoms with E-state index < -0.39 is 10.7 Å². The highest BCUT2D eigenvalue weighted by Gasteiger charge is 2.18. The maximum atomic E-state index is 11.5. The Morgan fingerprint density at radius 1 is 1.24 bits per heavy atom. The fraction of sp³-hybridized carbons (Fsp3) is 0.0667. The number of hydrogen-bond acceptors (Lipinski definition) is 5. The zero-order valence-corrected chi connectivity index (χ0v) is 11.1. The van der Waals surface area contributed by atoms with Gasteiger partial charge in [-0.15, -0.1) is 0 Å². The molecule has 0 heterocycles. The van der Waals surface area contributed by atoms with Crippen LogP contribution in [0.15, 0.2) is 42.5 Å². The lowest BCUT2D eigenvalue weighted by molar-refractivity contribution is -0.385. The van der Waals surface area contributed by atoms with Gasteiger partial charge < -0.3 is 4.74 Å². The van der Waals surface area contributed by atoms with Crippen LogP contribution in [0.25, 0.3) is 0 Å². The van der Waals surface area contributed by atoms with E-state index >= 15 is 0 Å². The Labute approximate surface area is 120 Å². The lowest BCUT2D eigenvalue weighted by atomic mass is 10.1. The minimum absolute atomic E-state index is 0.0195. The monoisotopic (exact) mass is 282 g/mol. The van der Waals surface area contributed by atoms with Gasteiger partial charge in [0.15, 0.2) is 5.78 Å². The van der Waals surface area contributed by atoms with Gasteiger partial charge in [0.2, 0.25) is 0 Å². The van der Waals surface area contributed by atoms with Crippen LogP contribution in [-0.4, -0.2) is 10.7 Å². The molecule has 6 nitrogen and oxygen atoms in total. The molecular weight excluding hydrogens is 272 g/mol. The second-order valence-electron chi connectivity index (χ2n) is 4.23. The Balaban J connectivity index is 2.37. The van der Waals surface area contributed by atoms with Gasteiger partial charge in [0.25, 0.3) is 5.69 Å². The summed E-state index contributed by atoms with van der Waals surface area (Å²) in [4.78, 5) is 21.7. The summed E-state index contributed by atoms with van der Waals surface area (Å²) in [5.41, 5.74) is 0.149. The highest BCUT2D eigenvalue weighted by molar-refractivity contribution is 5.98. The molecule has 0 unspecified atom stereocenters. The number of hydrogen-bond donors (Lipinski definition) is 0. The molecule has 0 aliphatic carbocycles. The molecule has 0 aromatic heterocycles. The van der Waals surface area contributed by atoms with Crippen LogP contribution >= 0.6 is 0 Å². The third-order valence-corrected chi connectivity index (χ3v) is 2.74. The molecule has 0 N–H and O–H groups in total. The third kappa shape index (κ3) is 3.22. The number of ether oxygens (including phenoxy) is 1. The molecular formula is C15H10N2O4. The molecule has 2 aromatic rings. The molecule has 0 amide bonds. The van der Waals surface area contributed by atoms with Crippen molar-refractivity contribution in [2.24, 2.45) is 0 Å². The third-order valence-electron chi connectivity index (χ3n) is 2.74. The largest absolute Gasteiger partial charge is 0.457 e. The average Bonchev–Trinajstić information content (AvgIpc) is 2.47. The highest BCUT2D eigenvalue weighted by atomic mass is 16.6. The van der Waals surface area contributed by atoms with Crippen molar-refractivity contribution >= 4 is 11.5 Å². The number of benzene rings is 2. The van der Waals surface area contributed by atoms with Crippen molar-refractivity contribution in [2.45, 2.75) is 6.92 Å². The minimum atomic E-state index is -0.614. The minimum Gasteiger partial charge on any atom is -0.457 e. The first-order chi connectivity index (χ1) is 10.0. The number of nitriles is 1. The number of nitrogens with zero attached hydrogens (tertiary/aromatic N) is 2. The molecule has 6 heteroatoms. The summed E-state index contributed by atoms with van der Waals surface area (Å²) in [6, 6.07) is 12.4. The fourth-order valence-electron chi connectivity index (χ4n) is 1.79. The van der Waals surface area contributed by atoms with Gasteiger partial charge in [0.05, 0.1) is 22.1 Å². The van der Waals surface area contributed by atoms with E-state index in [9.17, 15) is 14.9 Å². The second kappa shape index (κ2) is 5.84. The normalized spacial score (nSPS) is 9.71. The first kappa shape index (κ1) is 14.2. The molecule has 104 valence electrons. The van der Waals surface area contributed by atoms with Crippen molar-refractivity contribution in [1.82, 2.24) is 0 Å². The van der Waals surface area contributed by atoms with Crippen LogP contribution in [0, 0.1) is 21.4 Å². The molecule has 0 aliphatic heterocycles. The topological polar surface area (TPSA) is 93.2 Å². The van der Waals surface area contributed by atoms with E-state index in [4.69, 9.17) is 10.00 Å². The van der Waals surface area contributed by atoms with E-state index in [1.54, 1.807) is 18.2 Å². The molecule has 0 saturated heterocycles. The van der Waals surface area contributed by atoms with Crippen LogP contribution in [0.4, 0.5) is 5.69 Å². The summed E-state index contributed by atoms with van der Waals surface area (Å²) < 4.78 is 5.52. The molecule has 0 bridgehead atoms. The van der Waals surface area contributed by atoms with Crippen LogP contribution < -0.4 is 4.74 Å². The predicted molar refractivity (Wildman–Crippen MR) is 74.3 cm³/mol. The molecule has 0 aliphatic rings. The summed E-state index contributed by atoms with van der Waals surface area (Å²) >= 11 is 0. The molecule has 0 fully saturated rings. The zero-order chi connectivity index (χ0) is 15.4. The number of carbonyl (C=O) groups is 1. The van der Waals surface area contributed by atoms with E-state index in [-0.39, 0.29) is 11.3 Å². The van der Waals surface area contributed by atoms with Gasteiger partial charge >= 0.3 is 0 Å². The Hall–Kier alpha value is -3.20. The van der Waals surface area contributed by atoms with Crippen LogP contribution in [0.1, 0.15) is 22.8 Å². The van der Waals surface area contributed by atoms with Gasteiger partial charge in [-0.25, -0.2) is 0 Å². The highest BCUT2D eigenvalue weighted by Crippen LogP contribution is 2.28. The van der Waals surface area contributed by atoms with E-state index in [2.05, 4.69) is 0 Å². The van der Waals surface area contributed by atoms with Gasteiger partial charge in [0, 0.05) is 6.07 Å². The van der Waals surface area contributed by atoms with E-state index in [0.29, 0.717) is 17.1 Å². The summed E-state index contributed by atoms with van der Waals surface area (Å²) in [7, 11) is 0. The Kier molecular flexibility index (Phi) is 3.95. The Morgan fingerprint density at radius 2 is 1.95 bits per heavy atom. The van der Waals surface area contributed by atoms with Gasteiger partial charge in [-0.1, -0.05) is 6.07 Å². The maximum absolute atomic E-state index is 11.5. The quantitative estimate of drug-likeness (QED) is 0.486. The number of ketones is 1. The number of Topliss-reactive ketones (excluding diaryl/α,β-unsaturated/α-hetero) is 1. The summed E-state index contributed by atoms with van der Waals surface area (Å²) in [6.45, 7) is 1.25.